The number of halogens is 3. The second-order valence-corrected chi connectivity index (χ2v) is 4.36. The zero-order chi connectivity index (χ0) is 13.8. The summed E-state index contributed by atoms with van der Waals surface area (Å²) in [6.45, 7) is 6.52. The topological polar surface area (TPSA) is 21.3 Å². The molecule has 1 rings (SSSR count). The fourth-order valence-electron chi connectivity index (χ4n) is 1.88. The van der Waals surface area contributed by atoms with Crippen molar-refractivity contribution < 1.29 is 17.9 Å². The van der Waals surface area contributed by atoms with Crippen LogP contribution >= 0.6 is 0 Å². The molecule has 0 heterocycles. The average Bonchev–Trinajstić information content (AvgIpc) is 2.24. The Labute approximate surface area is 105 Å². The Hall–Kier alpha value is -1.23. The maximum Gasteiger partial charge on any atom is 0.573 e. The first-order chi connectivity index (χ1) is 8.35. The van der Waals surface area contributed by atoms with Crippen LogP contribution in [0.15, 0.2) is 24.3 Å². The highest BCUT2D eigenvalue weighted by atomic mass is 19.4. The van der Waals surface area contributed by atoms with Gasteiger partial charge in [0.05, 0.1) is 0 Å². The molecular weight excluding hydrogens is 243 g/mol. The van der Waals surface area contributed by atoms with Crippen LogP contribution in [0.25, 0.3) is 0 Å². The van der Waals surface area contributed by atoms with Crippen LogP contribution in [-0.2, 0) is 0 Å². The zero-order valence-corrected chi connectivity index (χ0v) is 10.7. The van der Waals surface area contributed by atoms with Gasteiger partial charge in [0.1, 0.15) is 5.75 Å². The largest absolute Gasteiger partial charge is 0.573 e. The Bertz CT molecular complexity index is 377. The third-order valence-electron chi connectivity index (χ3n) is 2.57. The van der Waals surface area contributed by atoms with Gasteiger partial charge in [-0.1, -0.05) is 39.0 Å². The Morgan fingerprint density at radius 3 is 2.33 bits per heavy atom. The van der Waals surface area contributed by atoms with Gasteiger partial charge in [0.2, 0.25) is 0 Å². The number of alkyl halides is 3. The third-order valence-corrected chi connectivity index (χ3v) is 2.57. The molecule has 0 bridgehead atoms. The molecule has 1 unspecified atom stereocenters. The van der Waals surface area contributed by atoms with Crippen molar-refractivity contribution in [3.05, 3.63) is 29.8 Å². The molecule has 1 N–H and O–H groups in total. The van der Waals surface area contributed by atoms with Gasteiger partial charge >= 0.3 is 6.36 Å². The number of ether oxygens (including phenoxy) is 1. The summed E-state index contributed by atoms with van der Waals surface area (Å²) in [5.74, 6) is 0.0348. The van der Waals surface area contributed by atoms with Crippen molar-refractivity contribution in [1.29, 1.82) is 0 Å². The summed E-state index contributed by atoms with van der Waals surface area (Å²) in [6, 6.07) is 6.09. The van der Waals surface area contributed by atoms with Crippen molar-refractivity contribution >= 4 is 0 Å². The summed E-state index contributed by atoms with van der Waals surface area (Å²) in [5, 5.41) is 3.18. The van der Waals surface area contributed by atoms with E-state index in [9.17, 15) is 13.2 Å². The van der Waals surface area contributed by atoms with Crippen LogP contribution in [0.4, 0.5) is 13.2 Å². The van der Waals surface area contributed by atoms with Crippen LogP contribution in [0.2, 0.25) is 0 Å². The van der Waals surface area contributed by atoms with Gasteiger partial charge in [0.15, 0.2) is 0 Å². The average molecular weight is 261 g/mol. The van der Waals surface area contributed by atoms with Gasteiger partial charge in [-0.05, 0) is 18.5 Å². The summed E-state index contributed by atoms with van der Waals surface area (Å²) in [6.07, 6.45) is -4.66. The van der Waals surface area contributed by atoms with Crippen LogP contribution in [0.3, 0.4) is 0 Å². The van der Waals surface area contributed by atoms with Gasteiger partial charge in [0, 0.05) is 11.6 Å². The number of hydrogen-bond acceptors (Lipinski definition) is 2. The lowest BCUT2D eigenvalue weighted by atomic mass is 9.95. The zero-order valence-electron chi connectivity index (χ0n) is 10.7. The van der Waals surface area contributed by atoms with E-state index >= 15 is 0 Å². The maximum atomic E-state index is 12.3. The monoisotopic (exact) mass is 261 g/mol. The van der Waals surface area contributed by atoms with E-state index in [1.54, 1.807) is 12.1 Å². The minimum absolute atomic E-state index is 0.135. The quantitative estimate of drug-likeness (QED) is 0.868. The molecule has 5 heteroatoms. The van der Waals surface area contributed by atoms with Crippen molar-refractivity contribution in [3.8, 4) is 5.75 Å². The first-order valence-corrected chi connectivity index (χ1v) is 5.93. The Kier molecular flexibility index (Phi) is 5.02. The molecule has 102 valence electrons. The van der Waals surface area contributed by atoms with Crippen molar-refractivity contribution in [2.45, 2.75) is 33.2 Å². The Balaban J connectivity index is 3.06. The molecule has 1 atom stereocenters. The van der Waals surface area contributed by atoms with E-state index in [-0.39, 0.29) is 17.7 Å². The van der Waals surface area contributed by atoms with Crippen LogP contribution in [0.1, 0.15) is 32.4 Å². The number of hydrogen-bond donors (Lipinski definition) is 1. The van der Waals surface area contributed by atoms with Crippen LogP contribution in [0.5, 0.6) is 5.75 Å². The SMILES string of the molecule is CCNC(c1ccccc1OC(F)(F)F)C(C)C. The minimum Gasteiger partial charge on any atom is -0.405 e. The fourth-order valence-corrected chi connectivity index (χ4v) is 1.88. The van der Waals surface area contributed by atoms with Crippen LogP contribution < -0.4 is 10.1 Å². The third kappa shape index (κ3) is 4.22. The molecule has 0 fully saturated rings. The van der Waals surface area contributed by atoms with E-state index in [2.05, 4.69) is 10.1 Å². The molecule has 0 spiro atoms. The van der Waals surface area contributed by atoms with Gasteiger partial charge in [-0.3, -0.25) is 0 Å². The molecule has 0 saturated heterocycles. The molecular formula is C13H18F3NO. The lowest BCUT2D eigenvalue weighted by Crippen LogP contribution is -2.27. The highest BCUT2D eigenvalue weighted by molar-refractivity contribution is 5.36. The number of para-hydroxylation sites is 1. The Morgan fingerprint density at radius 1 is 1.22 bits per heavy atom. The molecule has 2 nitrogen and oxygen atoms in total. The van der Waals surface area contributed by atoms with Crippen molar-refractivity contribution in [1.82, 2.24) is 5.32 Å². The van der Waals surface area contributed by atoms with E-state index in [1.165, 1.54) is 12.1 Å². The summed E-state index contributed by atoms with van der Waals surface area (Å²) in [7, 11) is 0. The van der Waals surface area contributed by atoms with Crippen LogP contribution in [0, 0.1) is 5.92 Å². The predicted octanol–water partition coefficient (Wildman–Crippen LogP) is 3.89. The van der Waals surface area contributed by atoms with E-state index in [1.807, 2.05) is 20.8 Å². The molecule has 1 aromatic rings. The fraction of sp³-hybridized carbons (Fsp3) is 0.538. The van der Waals surface area contributed by atoms with Crippen LogP contribution in [-0.4, -0.2) is 12.9 Å². The molecule has 0 aromatic heterocycles. The van der Waals surface area contributed by atoms with E-state index in [0.717, 1.165) is 0 Å². The second-order valence-electron chi connectivity index (χ2n) is 4.36. The molecule has 0 radical (unpaired) electrons. The molecule has 0 aliphatic rings. The van der Waals surface area contributed by atoms with Gasteiger partial charge in [-0.15, -0.1) is 13.2 Å². The Morgan fingerprint density at radius 2 is 1.83 bits per heavy atom. The lowest BCUT2D eigenvalue weighted by Gasteiger charge is -2.24. The van der Waals surface area contributed by atoms with E-state index in [0.29, 0.717) is 12.1 Å². The smallest absolute Gasteiger partial charge is 0.405 e. The highest BCUT2D eigenvalue weighted by Crippen LogP contribution is 2.33. The molecule has 0 amide bonds. The van der Waals surface area contributed by atoms with Crippen molar-refractivity contribution in [2.24, 2.45) is 5.92 Å². The van der Waals surface area contributed by atoms with Gasteiger partial charge in [-0.2, -0.15) is 0 Å². The van der Waals surface area contributed by atoms with Gasteiger partial charge in [0.25, 0.3) is 0 Å². The summed E-state index contributed by atoms with van der Waals surface area (Å²) in [5.41, 5.74) is 0.534. The molecule has 0 saturated carbocycles. The summed E-state index contributed by atoms with van der Waals surface area (Å²) < 4.78 is 41.1. The lowest BCUT2D eigenvalue weighted by molar-refractivity contribution is -0.275. The first-order valence-electron chi connectivity index (χ1n) is 5.93. The first kappa shape index (κ1) is 14.8. The van der Waals surface area contributed by atoms with Crippen molar-refractivity contribution in [2.75, 3.05) is 6.54 Å². The number of nitrogens with one attached hydrogen (secondary N) is 1. The number of rotatable bonds is 5. The normalized spacial score (nSPS) is 13.7. The predicted molar refractivity (Wildman–Crippen MR) is 64.4 cm³/mol. The molecule has 0 aliphatic carbocycles. The summed E-state index contributed by atoms with van der Waals surface area (Å²) in [4.78, 5) is 0. The minimum atomic E-state index is -4.66. The molecule has 0 aliphatic heterocycles. The molecule has 1 aromatic carbocycles. The van der Waals surface area contributed by atoms with E-state index in [4.69, 9.17) is 0 Å². The van der Waals surface area contributed by atoms with Gasteiger partial charge in [-0.25, -0.2) is 0 Å². The summed E-state index contributed by atoms with van der Waals surface area (Å²) >= 11 is 0. The standard InChI is InChI=1S/C13H18F3NO/c1-4-17-12(9(2)3)10-7-5-6-8-11(10)18-13(14,15)16/h5-9,12,17H,4H2,1-3H3. The molecule has 18 heavy (non-hydrogen) atoms. The number of benzene rings is 1. The van der Waals surface area contributed by atoms with E-state index < -0.39 is 6.36 Å². The maximum absolute atomic E-state index is 12.3. The highest BCUT2D eigenvalue weighted by Gasteiger charge is 2.33. The van der Waals surface area contributed by atoms with Crippen molar-refractivity contribution in [3.63, 3.8) is 0 Å². The second kappa shape index (κ2) is 6.09. The van der Waals surface area contributed by atoms with Gasteiger partial charge < -0.3 is 10.1 Å².